The molecule has 0 aromatic heterocycles. The molecule has 0 bridgehead atoms. The predicted molar refractivity (Wildman–Crippen MR) is 62.1 cm³/mol. The summed E-state index contributed by atoms with van der Waals surface area (Å²) in [5.41, 5.74) is 5.50. The Labute approximate surface area is 92.9 Å². The van der Waals surface area contributed by atoms with E-state index in [9.17, 15) is 8.42 Å². The molecule has 1 atom stereocenters. The molecule has 1 unspecified atom stereocenters. The van der Waals surface area contributed by atoms with Gasteiger partial charge in [0.2, 0.25) is 10.0 Å². The lowest BCUT2D eigenvalue weighted by Crippen LogP contribution is -2.51. The maximum absolute atomic E-state index is 12.0. The van der Waals surface area contributed by atoms with E-state index in [0.717, 1.165) is 19.3 Å². The van der Waals surface area contributed by atoms with Crippen LogP contribution < -0.4 is 5.73 Å². The van der Waals surface area contributed by atoms with Crippen molar-refractivity contribution in [3.05, 3.63) is 0 Å². The SMILES string of the molecule is CCCCS(=O)(=O)N1CCC(N)C1(C)C. The van der Waals surface area contributed by atoms with E-state index in [1.807, 2.05) is 20.8 Å². The molecule has 15 heavy (non-hydrogen) atoms. The molecule has 4 nitrogen and oxygen atoms in total. The fraction of sp³-hybridized carbons (Fsp3) is 1.00. The van der Waals surface area contributed by atoms with E-state index in [2.05, 4.69) is 0 Å². The third-order valence-electron chi connectivity index (χ3n) is 3.29. The summed E-state index contributed by atoms with van der Waals surface area (Å²) in [6.45, 7) is 6.39. The molecule has 2 N–H and O–H groups in total. The molecule has 0 aromatic carbocycles. The molecule has 0 aromatic rings. The Bertz CT molecular complexity index is 311. The van der Waals surface area contributed by atoms with Gasteiger partial charge in [0.1, 0.15) is 0 Å². The summed E-state index contributed by atoms with van der Waals surface area (Å²) < 4.78 is 25.6. The fourth-order valence-electron chi connectivity index (χ4n) is 2.02. The smallest absolute Gasteiger partial charge is 0.214 e. The predicted octanol–water partition coefficient (Wildman–Crippen LogP) is 0.928. The van der Waals surface area contributed by atoms with Gasteiger partial charge in [-0.25, -0.2) is 8.42 Å². The van der Waals surface area contributed by atoms with Gasteiger partial charge in [0.25, 0.3) is 0 Å². The van der Waals surface area contributed by atoms with Gasteiger partial charge in [-0.1, -0.05) is 13.3 Å². The Hall–Kier alpha value is -0.130. The average Bonchev–Trinajstić information content (AvgIpc) is 2.39. The van der Waals surface area contributed by atoms with E-state index >= 15 is 0 Å². The second-order valence-corrected chi connectivity index (χ2v) is 6.80. The quantitative estimate of drug-likeness (QED) is 0.787. The second-order valence-electron chi connectivity index (χ2n) is 4.79. The van der Waals surface area contributed by atoms with Crippen LogP contribution in [-0.2, 0) is 10.0 Å². The van der Waals surface area contributed by atoms with Crippen molar-refractivity contribution in [2.24, 2.45) is 5.73 Å². The molecule has 90 valence electrons. The maximum Gasteiger partial charge on any atom is 0.214 e. The van der Waals surface area contributed by atoms with E-state index in [1.54, 1.807) is 4.31 Å². The minimum atomic E-state index is -3.11. The summed E-state index contributed by atoms with van der Waals surface area (Å²) >= 11 is 0. The first-order valence-corrected chi connectivity index (χ1v) is 7.19. The van der Waals surface area contributed by atoms with Gasteiger partial charge in [0, 0.05) is 18.1 Å². The van der Waals surface area contributed by atoms with E-state index < -0.39 is 15.6 Å². The van der Waals surface area contributed by atoms with Gasteiger partial charge in [-0.05, 0) is 26.7 Å². The Balaban J connectivity index is 2.80. The Morgan fingerprint density at radius 1 is 1.47 bits per heavy atom. The summed E-state index contributed by atoms with van der Waals surface area (Å²) in [5, 5.41) is 0. The monoisotopic (exact) mass is 234 g/mol. The summed E-state index contributed by atoms with van der Waals surface area (Å²) in [6.07, 6.45) is 2.39. The molecular formula is C10H22N2O2S. The number of hydrogen-bond acceptors (Lipinski definition) is 3. The first-order valence-electron chi connectivity index (χ1n) is 5.58. The molecule has 1 aliphatic rings. The fourth-order valence-corrected chi connectivity index (χ4v) is 4.13. The van der Waals surface area contributed by atoms with Crippen LogP contribution in [-0.4, -0.2) is 36.6 Å². The Kier molecular flexibility index (Phi) is 3.79. The van der Waals surface area contributed by atoms with Crippen molar-refractivity contribution in [3.8, 4) is 0 Å². The summed E-state index contributed by atoms with van der Waals surface area (Å²) in [7, 11) is -3.11. The Morgan fingerprint density at radius 3 is 2.47 bits per heavy atom. The second kappa shape index (κ2) is 4.39. The maximum atomic E-state index is 12.0. The van der Waals surface area contributed by atoms with Crippen LogP contribution in [0.1, 0.15) is 40.0 Å². The van der Waals surface area contributed by atoms with Crippen molar-refractivity contribution in [1.29, 1.82) is 0 Å². The molecule has 5 heteroatoms. The van der Waals surface area contributed by atoms with Crippen LogP contribution in [0.3, 0.4) is 0 Å². The van der Waals surface area contributed by atoms with Gasteiger partial charge >= 0.3 is 0 Å². The van der Waals surface area contributed by atoms with E-state index in [1.165, 1.54) is 0 Å². The molecule has 1 heterocycles. The number of nitrogens with zero attached hydrogens (tertiary/aromatic N) is 1. The molecular weight excluding hydrogens is 212 g/mol. The molecule has 0 radical (unpaired) electrons. The molecule has 0 saturated carbocycles. The lowest BCUT2D eigenvalue weighted by molar-refractivity contribution is 0.270. The zero-order chi connectivity index (χ0) is 11.7. The third-order valence-corrected chi connectivity index (χ3v) is 5.41. The summed E-state index contributed by atoms with van der Waals surface area (Å²) in [4.78, 5) is 0. The minimum absolute atomic E-state index is 0.0473. The van der Waals surface area contributed by atoms with E-state index in [4.69, 9.17) is 5.73 Å². The highest BCUT2D eigenvalue weighted by molar-refractivity contribution is 7.89. The van der Waals surface area contributed by atoms with Gasteiger partial charge in [0.15, 0.2) is 0 Å². The van der Waals surface area contributed by atoms with Crippen molar-refractivity contribution in [2.45, 2.75) is 51.6 Å². The van der Waals surface area contributed by atoms with Crippen molar-refractivity contribution in [1.82, 2.24) is 4.31 Å². The molecule has 0 aliphatic carbocycles. The van der Waals surface area contributed by atoms with Crippen molar-refractivity contribution < 1.29 is 8.42 Å². The number of sulfonamides is 1. The van der Waals surface area contributed by atoms with Gasteiger partial charge in [-0.3, -0.25) is 0 Å². The molecule has 1 saturated heterocycles. The van der Waals surface area contributed by atoms with Gasteiger partial charge in [-0.15, -0.1) is 0 Å². The minimum Gasteiger partial charge on any atom is -0.326 e. The Morgan fingerprint density at radius 2 is 2.07 bits per heavy atom. The molecule has 1 fully saturated rings. The van der Waals surface area contributed by atoms with Crippen molar-refractivity contribution in [2.75, 3.05) is 12.3 Å². The van der Waals surface area contributed by atoms with Crippen molar-refractivity contribution >= 4 is 10.0 Å². The topological polar surface area (TPSA) is 63.4 Å². The standard InChI is InChI=1S/C10H22N2O2S/c1-4-5-8-15(13,14)12-7-6-9(11)10(12,2)3/h9H,4-8,11H2,1-3H3. The van der Waals surface area contributed by atoms with Crippen LogP contribution in [0.15, 0.2) is 0 Å². The van der Waals surface area contributed by atoms with Crippen LogP contribution in [0.4, 0.5) is 0 Å². The highest BCUT2D eigenvalue weighted by Crippen LogP contribution is 2.30. The van der Waals surface area contributed by atoms with E-state index in [-0.39, 0.29) is 11.8 Å². The highest BCUT2D eigenvalue weighted by Gasteiger charge is 2.44. The van der Waals surface area contributed by atoms with Crippen LogP contribution >= 0.6 is 0 Å². The lowest BCUT2D eigenvalue weighted by atomic mass is 9.98. The van der Waals surface area contributed by atoms with Crippen LogP contribution in [0.25, 0.3) is 0 Å². The number of hydrogen-bond donors (Lipinski definition) is 1. The zero-order valence-electron chi connectivity index (χ0n) is 9.86. The zero-order valence-corrected chi connectivity index (χ0v) is 10.7. The molecule has 1 aliphatic heterocycles. The number of nitrogens with two attached hydrogens (primary N) is 1. The average molecular weight is 234 g/mol. The molecule has 0 amide bonds. The lowest BCUT2D eigenvalue weighted by Gasteiger charge is -2.33. The molecule has 1 rings (SSSR count). The number of rotatable bonds is 4. The highest BCUT2D eigenvalue weighted by atomic mass is 32.2. The van der Waals surface area contributed by atoms with E-state index in [0.29, 0.717) is 6.54 Å². The summed E-state index contributed by atoms with van der Waals surface area (Å²) in [6, 6.07) is -0.0473. The normalized spacial score (nSPS) is 27.1. The van der Waals surface area contributed by atoms with Gasteiger partial charge in [0.05, 0.1) is 5.75 Å². The first kappa shape index (κ1) is 12.9. The van der Waals surface area contributed by atoms with Crippen LogP contribution in [0.5, 0.6) is 0 Å². The first-order chi connectivity index (χ1) is 6.82. The van der Waals surface area contributed by atoms with Crippen molar-refractivity contribution in [3.63, 3.8) is 0 Å². The summed E-state index contributed by atoms with van der Waals surface area (Å²) in [5.74, 6) is 0.250. The molecule has 0 spiro atoms. The number of unbranched alkanes of at least 4 members (excludes halogenated alkanes) is 1. The van der Waals surface area contributed by atoms with Crippen LogP contribution in [0, 0.1) is 0 Å². The van der Waals surface area contributed by atoms with Gasteiger partial charge in [-0.2, -0.15) is 4.31 Å². The van der Waals surface area contributed by atoms with Crippen LogP contribution in [0.2, 0.25) is 0 Å². The largest absolute Gasteiger partial charge is 0.326 e. The van der Waals surface area contributed by atoms with Gasteiger partial charge < -0.3 is 5.73 Å². The third kappa shape index (κ3) is 2.52.